The summed E-state index contributed by atoms with van der Waals surface area (Å²) in [6, 6.07) is 12.7. The van der Waals surface area contributed by atoms with E-state index in [0.717, 1.165) is 27.5 Å². The summed E-state index contributed by atoms with van der Waals surface area (Å²) < 4.78 is 11.6. The van der Waals surface area contributed by atoms with Gasteiger partial charge in [0.2, 0.25) is 5.91 Å². The number of rotatable bonds is 13. The molecule has 0 aliphatic carbocycles. The highest BCUT2D eigenvalue weighted by Gasteiger charge is 2.31. The number of halogens is 2. The first-order valence-corrected chi connectivity index (χ1v) is 14.6. The molecule has 0 bridgehead atoms. The zero-order valence-corrected chi connectivity index (χ0v) is 25.4. The van der Waals surface area contributed by atoms with Crippen molar-refractivity contribution in [3.8, 4) is 5.75 Å². The lowest BCUT2D eigenvalue weighted by molar-refractivity contribution is -0.158. The highest BCUT2D eigenvalue weighted by atomic mass is 127. The van der Waals surface area contributed by atoms with Crippen LogP contribution >= 0.6 is 34.2 Å². The van der Waals surface area contributed by atoms with Gasteiger partial charge in [0.05, 0.1) is 13.2 Å². The molecule has 0 saturated heterocycles. The first kappa shape index (κ1) is 31.7. The van der Waals surface area contributed by atoms with E-state index in [-0.39, 0.29) is 24.9 Å². The lowest BCUT2D eigenvalue weighted by Gasteiger charge is -2.24. The molecule has 0 spiro atoms. The van der Waals surface area contributed by atoms with Gasteiger partial charge in [-0.2, -0.15) is 0 Å². The Kier molecular flexibility index (Phi) is 13.2. The molecule has 2 aromatic carbocycles. The molecule has 208 valence electrons. The molecule has 38 heavy (non-hydrogen) atoms. The van der Waals surface area contributed by atoms with Crippen molar-refractivity contribution in [2.75, 3.05) is 13.2 Å². The first-order valence-electron chi connectivity index (χ1n) is 12.7. The molecule has 0 atom stereocenters. The monoisotopic (exact) mass is 657 g/mol. The van der Waals surface area contributed by atoms with Gasteiger partial charge >= 0.3 is 12.0 Å². The van der Waals surface area contributed by atoms with Gasteiger partial charge in [-0.3, -0.25) is 10.2 Å². The summed E-state index contributed by atoms with van der Waals surface area (Å²) in [7, 11) is 0. The Hall–Kier alpha value is -2.53. The maximum Gasteiger partial charge on any atom is 0.349 e. The molecule has 2 rings (SSSR count). The number of hydrogen-bond donors (Lipinski definition) is 2. The van der Waals surface area contributed by atoms with Crippen molar-refractivity contribution in [1.82, 2.24) is 15.8 Å². The third-order valence-corrected chi connectivity index (χ3v) is 6.75. The molecule has 0 aliphatic heterocycles. The molecule has 2 aromatic rings. The summed E-state index contributed by atoms with van der Waals surface area (Å²) >= 11 is 8.46. The molecular weight excluding hydrogens is 621 g/mol. The molecule has 0 aliphatic rings. The molecule has 10 heteroatoms. The fourth-order valence-corrected chi connectivity index (χ4v) is 4.57. The van der Waals surface area contributed by atoms with Gasteiger partial charge in [0, 0.05) is 22.4 Å². The number of carbonyl (C=O) groups excluding carboxylic acids is 3. The Morgan fingerprint density at radius 1 is 1.05 bits per heavy atom. The maximum atomic E-state index is 12.7. The second kappa shape index (κ2) is 15.8. The van der Waals surface area contributed by atoms with E-state index in [0.29, 0.717) is 36.8 Å². The maximum absolute atomic E-state index is 12.7. The lowest BCUT2D eigenvalue weighted by Crippen LogP contribution is -2.50. The molecule has 3 amide bonds. The summed E-state index contributed by atoms with van der Waals surface area (Å²) in [6.45, 7) is 8.09. The minimum absolute atomic E-state index is 0.228. The van der Waals surface area contributed by atoms with E-state index in [9.17, 15) is 14.4 Å². The molecule has 0 fully saturated rings. The summed E-state index contributed by atoms with van der Waals surface area (Å²) in [6.07, 6.45) is 2.32. The molecule has 0 aromatic heterocycles. The van der Waals surface area contributed by atoms with Gasteiger partial charge in [-0.25, -0.2) is 14.6 Å². The van der Waals surface area contributed by atoms with E-state index in [4.69, 9.17) is 21.1 Å². The number of esters is 1. The van der Waals surface area contributed by atoms with Crippen molar-refractivity contribution in [2.24, 2.45) is 0 Å². The van der Waals surface area contributed by atoms with E-state index in [1.54, 1.807) is 32.9 Å². The van der Waals surface area contributed by atoms with E-state index >= 15 is 0 Å². The van der Waals surface area contributed by atoms with Gasteiger partial charge in [0.1, 0.15) is 5.75 Å². The number of alkyl halides is 1. The van der Waals surface area contributed by atoms with Gasteiger partial charge in [0.15, 0.2) is 5.60 Å². The van der Waals surface area contributed by atoms with Crippen molar-refractivity contribution >= 4 is 52.1 Å². The Bertz CT molecular complexity index is 1080. The van der Waals surface area contributed by atoms with Crippen molar-refractivity contribution in [3.05, 3.63) is 64.2 Å². The Morgan fingerprint density at radius 3 is 2.37 bits per heavy atom. The predicted octanol–water partition coefficient (Wildman–Crippen LogP) is 5.97. The Balaban J connectivity index is 1.92. The van der Waals surface area contributed by atoms with Crippen LogP contribution in [0.3, 0.4) is 0 Å². The van der Waals surface area contributed by atoms with Crippen LogP contribution in [-0.2, 0) is 31.7 Å². The molecule has 0 radical (unpaired) electrons. The first-order chi connectivity index (χ1) is 18.1. The average molecular weight is 658 g/mol. The fourth-order valence-electron chi connectivity index (χ4n) is 3.53. The van der Waals surface area contributed by atoms with Crippen LogP contribution in [0.4, 0.5) is 4.79 Å². The van der Waals surface area contributed by atoms with Crippen molar-refractivity contribution < 1.29 is 23.9 Å². The number of urea groups is 1. The van der Waals surface area contributed by atoms with E-state index < -0.39 is 11.6 Å². The van der Waals surface area contributed by atoms with Crippen molar-refractivity contribution in [2.45, 2.75) is 70.0 Å². The summed E-state index contributed by atoms with van der Waals surface area (Å²) in [5, 5.41) is 4.81. The highest BCUT2D eigenvalue weighted by molar-refractivity contribution is 14.1. The fraction of sp³-hybridized carbons (Fsp3) is 0.464. The normalized spacial score (nSPS) is 11.0. The van der Waals surface area contributed by atoms with Crippen molar-refractivity contribution in [1.29, 1.82) is 0 Å². The summed E-state index contributed by atoms with van der Waals surface area (Å²) in [5.74, 6) is -0.101. The highest BCUT2D eigenvalue weighted by Crippen LogP contribution is 2.22. The number of ether oxygens (including phenoxy) is 2. The zero-order valence-electron chi connectivity index (χ0n) is 22.4. The average Bonchev–Trinajstić information content (AvgIpc) is 2.88. The van der Waals surface area contributed by atoms with E-state index in [2.05, 4.69) is 33.3 Å². The number of amides is 3. The van der Waals surface area contributed by atoms with Crippen LogP contribution in [0.1, 0.15) is 63.6 Å². The smallest absolute Gasteiger partial charge is 0.349 e. The van der Waals surface area contributed by atoms with E-state index in [1.807, 2.05) is 37.3 Å². The quantitative estimate of drug-likeness (QED) is 0.120. The Morgan fingerprint density at radius 2 is 1.74 bits per heavy atom. The third kappa shape index (κ3) is 10.3. The second-order valence-electron chi connectivity index (χ2n) is 9.24. The predicted molar refractivity (Wildman–Crippen MR) is 157 cm³/mol. The molecule has 0 heterocycles. The minimum Gasteiger partial charge on any atom is -0.476 e. The summed E-state index contributed by atoms with van der Waals surface area (Å²) in [4.78, 5) is 37.4. The number of aryl methyl sites for hydroxylation is 1. The topological polar surface area (TPSA) is 97.0 Å². The standard InChI is InChI=1S/C28H37ClIN3O5/c1-5-16-31-27(36)33(19-21-12-15-24(29)22(17-21)18-30)32-25(34)9-7-8-20-10-13-23(14-11-20)38-28(3,4)26(35)37-6-2/h10-15,17H,5-9,16,18-19H2,1-4H3,(H,31,36)(H,32,34). The van der Waals surface area contributed by atoms with Gasteiger partial charge in [-0.05, 0) is 74.9 Å². The van der Waals surface area contributed by atoms with Crippen LogP contribution in [0.5, 0.6) is 5.75 Å². The number of hydrogen-bond acceptors (Lipinski definition) is 5. The van der Waals surface area contributed by atoms with Gasteiger partial charge in [-0.1, -0.05) is 65.4 Å². The van der Waals surface area contributed by atoms with Gasteiger partial charge in [-0.15, -0.1) is 0 Å². The van der Waals surface area contributed by atoms with E-state index in [1.165, 1.54) is 5.01 Å². The SMILES string of the molecule is CCCNC(=O)N(Cc1ccc(Cl)c(CI)c1)NC(=O)CCCc1ccc(OC(C)(C)C(=O)OCC)cc1. The second-order valence-corrected chi connectivity index (χ2v) is 10.4. The number of benzene rings is 2. The molecule has 8 nitrogen and oxygen atoms in total. The third-order valence-electron chi connectivity index (χ3n) is 5.56. The lowest BCUT2D eigenvalue weighted by atomic mass is 10.1. The molecule has 2 N–H and O–H groups in total. The number of hydrazine groups is 1. The minimum atomic E-state index is -1.09. The van der Waals surface area contributed by atoms with Gasteiger partial charge in [0.25, 0.3) is 0 Å². The van der Waals surface area contributed by atoms with Crippen LogP contribution in [0.25, 0.3) is 0 Å². The van der Waals surface area contributed by atoms with Crippen LogP contribution in [-0.4, -0.2) is 41.7 Å². The number of nitrogens with zero attached hydrogens (tertiary/aromatic N) is 1. The Labute approximate surface area is 243 Å². The van der Waals surface area contributed by atoms with Crippen LogP contribution in [0.2, 0.25) is 5.02 Å². The van der Waals surface area contributed by atoms with Crippen LogP contribution in [0, 0.1) is 0 Å². The largest absolute Gasteiger partial charge is 0.476 e. The van der Waals surface area contributed by atoms with Gasteiger partial charge < -0.3 is 14.8 Å². The zero-order chi connectivity index (χ0) is 28.1. The van der Waals surface area contributed by atoms with Crippen molar-refractivity contribution in [3.63, 3.8) is 0 Å². The molecule has 0 saturated carbocycles. The number of carbonyl (C=O) groups is 3. The summed E-state index contributed by atoms with van der Waals surface area (Å²) in [5.41, 5.74) is 4.55. The number of nitrogens with one attached hydrogen (secondary N) is 2. The van der Waals surface area contributed by atoms with Crippen LogP contribution < -0.4 is 15.5 Å². The molecular formula is C28H37ClIN3O5. The molecule has 0 unspecified atom stereocenters. The van der Waals surface area contributed by atoms with Crippen LogP contribution in [0.15, 0.2) is 42.5 Å².